The molecule has 0 spiro atoms. The Morgan fingerprint density at radius 3 is 2.29 bits per heavy atom. The van der Waals surface area contributed by atoms with Crippen LogP contribution in [0, 0.1) is 0 Å². The van der Waals surface area contributed by atoms with E-state index in [0.29, 0.717) is 5.56 Å². The molecule has 0 aliphatic heterocycles. The van der Waals surface area contributed by atoms with Gasteiger partial charge in [0.1, 0.15) is 5.75 Å². The first kappa shape index (κ1) is 15.0. The molecule has 1 aliphatic carbocycles. The van der Waals surface area contributed by atoms with Gasteiger partial charge in [0.05, 0.1) is 11.1 Å². The van der Waals surface area contributed by atoms with Gasteiger partial charge in [-0.05, 0) is 30.5 Å². The Balaban J connectivity index is 2.05. The summed E-state index contributed by atoms with van der Waals surface area (Å²) in [6.45, 7) is 0. The van der Waals surface area contributed by atoms with Crippen LogP contribution in [0.4, 0.5) is 0 Å². The normalized spacial score (nSPS) is 15.7. The smallest absolute Gasteiger partial charge is 0.262 e. The Labute approximate surface area is 141 Å². The van der Waals surface area contributed by atoms with Crippen LogP contribution >= 0.6 is 0 Å². The third-order valence-electron chi connectivity index (χ3n) is 5.09. The van der Waals surface area contributed by atoms with Crippen LogP contribution in [0.25, 0.3) is 22.0 Å². The molecule has 24 heavy (non-hydrogen) atoms. The Morgan fingerprint density at radius 1 is 0.875 bits per heavy atom. The van der Waals surface area contributed by atoms with Gasteiger partial charge in [-0.3, -0.25) is 4.79 Å². The Kier molecular flexibility index (Phi) is 3.85. The van der Waals surface area contributed by atoms with E-state index in [1.807, 2.05) is 59.2 Å². The van der Waals surface area contributed by atoms with E-state index in [0.717, 1.165) is 42.1 Å². The second-order valence-corrected chi connectivity index (χ2v) is 6.57. The summed E-state index contributed by atoms with van der Waals surface area (Å²) < 4.78 is 1.93. The van der Waals surface area contributed by atoms with E-state index in [9.17, 15) is 9.90 Å². The fraction of sp³-hybridized carbons (Fsp3) is 0.286. The highest BCUT2D eigenvalue weighted by atomic mass is 16.3. The van der Waals surface area contributed by atoms with Crippen molar-refractivity contribution in [3.8, 4) is 16.9 Å². The first-order valence-corrected chi connectivity index (χ1v) is 8.69. The molecule has 1 aromatic heterocycles. The fourth-order valence-electron chi connectivity index (χ4n) is 3.92. The minimum absolute atomic E-state index is 0.0794. The van der Waals surface area contributed by atoms with Gasteiger partial charge < -0.3 is 9.67 Å². The molecule has 1 heterocycles. The molecule has 0 unspecified atom stereocenters. The fourth-order valence-corrected chi connectivity index (χ4v) is 3.92. The molecule has 0 amide bonds. The van der Waals surface area contributed by atoms with Crippen LogP contribution in [-0.4, -0.2) is 9.67 Å². The zero-order valence-corrected chi connectivity index (χ0v) is 13.6. The molecule has 0 bridgehead atoms. The number of nitrogens with zero attached hydrogens (tertiary/aromatic N) is 1. The molecule has 1 saturated carbocycles. The first-order valence-electron chi connectivity index (χ1n) is 8.69. The third-order valence-corrected chi connectivity index (χ3v) is 5.09. The minimum atomic E-state index is -0.0794. The summed E-state index contributed by atoms with van der Waals surface area (Å²) in [7, 11) is 0. The first-order chi connectivity index (χ1) is 11.8. The average molecular weight is 319 g/mol. The lowest BCUT2D eigenvalue weighted by atomic mass is 9.94. The van der Waals surface area contributed by atoms with Crippen molar-refractivity contribution in [3.05, 3.63) is 65.0 Å². The number of pyridine rings is 1. The van der Waals surface area contributed by atoms with Crippen molar-refractivity contribution in [1.29, 1.82) is 0 Å². The van der Waals surface area contributed by atoms with Gasteiger partial charge >= 0.3 is 0 Å². The summed E-state index contributed by atoms with van der Waals surface area (Å²) in [6.07, 6.45) is 5.62. The molecule has 1 aliphatic rings. The minimum Gasteiger partial charge on any atom is -0.506 e. The van der Waals surface area contributed by atoms with E-state index >= 15 is 0 Å². The number of hydrogen-bond donors (Lipinski definition) is 1. The molecule has 3 nitrogen and oxygen atoms in total. The summed E-state index contributed by atoms with van der Waals surface area (Å²) in [6, 6.07) is 17.4. The van der Waals surface area contributed by atoms with Crippen LogP contribution in [0.15, 0.2) is 59.4 Å². The molecule has 1 fully saturated rings. The van der Waals surface area contributed by atoms with E-state index in [4.69, 9.17) is 0 Å². The Hall–Kier alpha value is -2.55. The van der Waals surface area contributed by atoms with Crippen LogP contribution in [-0.2, 0) is 0 Å². The van der Waals surface area contributed by atoms with Gasteiger partial charge in [-0.1, -0.05) is 61.7 Å². The van der Waals surface area contributed by atoms with E-state index in [2.05, 4.69) is 0 Å². The Bertz CT molecular complexity index is 922. The summed E-state index contributed by atoms with van der Waals surface area (Å²) in [4.78, 5) is 13.3. The van der Waals surface area contributed by atoms with Crippen LogP contribution in [0.3, 0.4) is 0 Å². The summed E-state index contributed by atoms with van der Waals surface area (Å²) >= 11 is 0. The third kappa shape index (κ3) is 2.41. The molecule has 3 heteroatoms. The van der Waals surface area contributed by atoms with E-state index in [1.54, 1.807) is 0 Å². The van der Waals surface area contributed by atoms with Crippen molar-refractivity contribution in [1.82, 2.24) is 4.57 Å². The maximum absolute atomic E-state index is 13.3. The quantitative estimate of drug-likeness (QED) is 0.731. The lowest BCUT2D eigenvalue weighted by molar-refractivity contribution is 0.353. The molecule has 0 saturated heterocycles. The molecule has 1 N–H and O–H groups in total. The predicted molar refractivity (Wildman–Crippen MR) is 97.4 cm³/mol. The number of fused-ring (bicyclic) bond motifs is 1. The highest BCUT2D eigenvalue weighted by Gasteiger charge is 2.23. The maximum Gasteiger partial charge on any atom is 0.262 e. The molecule has 4 rings (SSSR count). The molecular weight excluding hydrogens is 298 g/mol. The lowest BCUT2D eigenvalue weighted by Crippen LogP contribution is -2.28. The highest BCUT2D eigenvalue weighted by molar-refractivity contribution is 5.92. The average Bonchev–Trinajstić information content (AvgIpc) is 2.64. The molecular formula is C21H21NO2. The molecule has 122 valence electrons. The van der Waals surface area contributed by atoms with Gasteiger partial charge in [-0.2, -0.15) is 0 Å². The lowest BCUT2D eigenvalue weighted by Gasteiger charge is -2.26. The number of para-hydroxylation sites is 1. The van der Waals surface area contributed by atoms with Crippen molar-refractivity contribution in [3.63, 3.8) is 0 Å². The zero-order valence-electron chi connectivity index (χ0n) is 13.6. The van der Waals surface area contributed by atoms with E-state index < -0.39 is 0 Å². The van der Waals surface area contributed by atoms with Gasteiger partial charge in [0, 0.05) is 11.4 Å². The van der Waals surface area contributed by atoms with Gasteiger partial charge in [-0.25, -0.2) is 0 Å². The van der Waals surface area contributed by atoms with Crippen molar-refractivity contribution in [2.24, 2.45) is 0 Å². The zero-order chi connectivity index (χ0) is 16.5. The molecule has 0 atom stereocenters. The molecule has 3 aromatic rings. The van der Waals surface area contributed by atoms with E-state index in [-0.39, 0.29) is 17.4 Å². The van der Waals surface area contributed by atoms with E-state index in [1.165, 1.54) is 6.42 Å². The standard InChI is InChI=1S/C21H21NO2/c23-20-17-13-7-8-14-18(17)22(16-11-5-2-6-12-16)21(24)19(20)15-9-3-1-4-10-15/h1,3-4,7-10,13-14,16,23H,2,5-6,11-12H2. The number of rotatable bonds is 2. The second-order valence-electron chi connectivity index (χ2n) is 6.57. The number of hydrogen-bond acceptors (Lipinski definition) is 2. The van der Waals surface area contributed by atoms with Crippen LogP contribution in [0.1, 0.15) is 38.1 Å². The van der Waals surface area contributed by atoms with Gasteiger partial charge in [0.15, 0.2) is 0 Å². The van der Waals surface area contributed by atoms with Gasteiger partial charge in [0.2, 0.25) is 0 Å². The number of aromatic hydroxyl groups is 1. The molecule has 0 radical (unpaired) electrons. The van der Waals surface area contributed by atoms with Crippen LogP contribution in [0.2, 0.25) is 0 Å². The summed E-state index contributed by atoms with van der Waals surface area (Å²) in [5.74, 6) is 0.0915. The van der Waals surface area contributed by atoms with Crippen molar-refractivity contribution in [2.45, 2.75) is 38.1 Å². The summed E-state index contributed by atoms with van der Waals surface area (Å²) in [5.41, 5.74) is 1.95. The van der Waals surface area contributed by atoms with Gasteiger partial charge in [-0.15, -0.1) is 0 Å². The monoisotopic (exact) mass is 319 g/mol. The Morgan fingerprint density at radius 2 is 1.54 bits per heavy atom. The summed E-state index contributed by atoms with van der Waals surface area (Å²) in [5, 5.41) is 11.5. The van der Waals surface area contributed by atoms with Crippen molar-refractivity contribution < 1.29 is 5.11 Å². The van der Waals surface area contributed by atoms with Gasteiger partial charge in [0.25, 0.3) is 5.56 Å². The highest BCUT2D eigenvalue weighted by Crippen LogP contribution is 2.36. The van der Waals surface area contributed by atoms with Crippen LogP contribution < -0.4 is 5.56 Å². The SMILES string of the molecule is O=c1c(-c2ccccc2)c(O)c2ccccc2n1C1CCCCC1. The van der Waals surface area contributed by atoms with Crippen molar-refractivity contribution in [2.75, 3.05) is 0 Å². The predicted octanol–water partition coefficient (Wildman–Crippen LogP) is 4.88. The second kappa shape index (κ2) is 6.16. The molecule has 2 aromatic carbocycles. The van der Waals surface area contributed by atoms with Crippen molar-refractivity contribution >= 4 is 10.9 Å². The van der Waals surface area contributed by atoms with Crippen LogP contribution in [0.5, 0.6) is 5.75 Å². The topological polar surface area (TPSA) is 42.2 Å². The number of benzene rings is 2. The maximum atomic E-state index is 13.3. The number of aromatic nitrogens is 1. The largest absolute Gasteiger partial charge is 0.506 e.